The van der Waals surface area contributed by atoms with Crippen LogP contribution in [0.5, 0.6) is 0 Å². The Bertz CT molecular complexity index is 1030. The fraction of sp³-hybridized carbons (Fsp3) is 0.690. The first-order valence-electron chi connectivity index (χ1n) is 14.0. The molecule has 0 aliphatic carbocycles. The van der Waals surface area contributed by atoms with Gasteiger partial charge in [0.25, 0.3) is 0 Å². The second-order valence-electron chi connectivity index (χ2n) is 12.0. The molecule has 3 aliphatic rings. The Hall–Kier alpha value is -2.49. The number of likely N-dealkylation sites (tertiary alicyclic amines) is 1. The number of rotatable bonds is 9. The number of amides is 2. The molecule has 210 valence electrons. The normalized spacial score (nSPS) is 25.1. The van der Waals surface area contributed by atoms with Crippen LogP contribution in [0.3, 0.4) is 0 Å². The van der Waals surface area contributed by atoms with Gasteiger partial charge in [-0.05, 0) is 55.5 Å². The summed E-state index contributed by atoms with van der Waals surface area (Å²) in [7, 11) is 0. The summed E-state index contributed by atoms with van der Waals surface area (Å²) < 4.78 is 11.6. The molecule has 4 rings (SSSR count). The zero-order valence-electron chi connectivity index (χ0n) is 23.6. The highest BCUT2D eigenvalue weighted by molar-refractivity contribution is 5.99. The highest BCUT2D eigenvalue weighted by Crippen LogP contribution is 2.39. The second-order valence-corrected chi connectivity index (χ2v) is 12.0. The summed E-state index contributed by atoms with van der Waals surface area (Å²) in [6, 6.07) is 5.01. The Balaban J connectivity index is 1.69. The topological polar surface area (TPSA) is 105 Å². The van der Waals surface area contributed by atoms with E-state index in [2.05, 4.69) is 37.5 Å². The van der Waals surface area contributed by atoms with Gasteiger partial charge in [-0.1, -0.05) is 27.7 Å². The van der Waals surface area contributed by atoms with E-state index in [4.69, 9.17) is 15.2 Å². The Morgan fingerprint density at radius 1 is 1.16 bits per heavy atom. The predicted octanol–water partition coefficient (Wildman–Crippen LogP) is 2.42. The molecule has 0 saturated carbocycles. The minimum Gasteiger partial charge on any atom is -0.374 e. The summed E-state index contributed by atoms with van der Waals surface area (Å²) in [6.07, 6.45) is 0.826. The van der Waals surface area contributed by atoms with Crippen molar-refractivity contribution < 1.29 is 23.9 Å². The molecule has 0 spiro atoms. The number of ether oxygens (including phenoxy) is 2. The van der Waals surface area contributed by atoms with Gasteiger partial charge in [-0.3, -0.25) is 19.3 Å². The molecule has 0 radical (unpaired) electrons. The monoisotopic (exact) mass is 528 g/mol. The lowest BCUT2D eigenvalue weighted by molar-refractivity contribution is -0.138. The molecule has 3 aliphatic heterocycles. The molecule has 3 heterocycles. The van der Waals surface area contributed by atoms with E-state index >= 15 is 0 Å². The van der Waals surface area contributed by atoms with Gasteiger partial charge in [0.2, 0.25) is 11.8 Å². The third kappa shape index (κ3) is 6.05. The van der Waals surface area contributed by atoms with Gasteiger partial charge in [0.1, 0.15) is 24.9 Å². The van der Waals surface area contributed by atoms with Gasteiger partial charge in [-0.2, -0.15) is 0 Å². The van der Waals surface area contributed by atoms with Crippen molar-refractivity contribution in [1.29, 1.82) is 0 Å². The van der Waals surface area contributed by atoms with Gasteiger partial charge >= 0.3 is 0 Å². The van der Waals surface area contributed by atoms with E-state index in [0.717, 1.165) is 44.8 Å². The number of nitrogens with zero attached hydrogens (tertiary/aromatic N) is 3. The number of nitrogens with two attached hydrogens (primary N) is 1. The van der Waals surface area contributed by atoms with Crippen LogP contribution in [0, 0.1) is 5.41 Å². The molecule has 4 atom stereocenters. The van der Waals surface area contributed by atoms with Gasteiger partial charge in [-0.15, -0.1) is 0 Å². The van der Waals surface area contributed by atoms with Crippen molar-refractivity contribution >= 4 is 23.3 Å². The fourth-order valence-corrected chi connectivity index (χ4v) is 6.15. The second kappa shape index (κ2) is 11.7. The molecule has 2 N–H and O–H groups in total. The van der Waals surface area contributed by atoms with Crippen molar-refractivity contribution in [3.05, 3.63) is 29.3 Å². The molecule has 0 bridgehead atoms. The number of anilines is 1. The maximum Gasteiger partial charge on any atom is 0.249 e. The Morgan fingerprint density at radius 3 is 2.47 bits per heavy atom. The van der Waals surface area contributed by atoms with E-state index in [0.29, 0.717) is 30.7 Å². The van der Waals surface area contributed by atoms with Gasteiger partial charge in [0, 0.05) is 44.0 Å². The third-order valence-electron chi connectivity index (χ3n) is 7.87. The maximum absolute atomic E-state index is 14.3. The van der Waals surface area contributed by atoms with Crippen molar-refractivity contribution in [2.45, 2.75) is 71.6 Å². The molecule has 1 aromatic carbocycles. The van der Waals surface area contributed by atoms with Crippen LogP contribution >= 0.6 is 0 Å². The number of ketones is 1. The summed E-state index contributed by atoms with van der Waals surface area (Å²) in [5.74, 6) is -1.47. The van der Waals surface area contributed by atoms with Crippen molar-refractivity contribution in [3.63, 3.8) is 0 Å². The number of benzene rings is 1. The van der Waals surface area contributed by atoms with Crippen LogP contribution in [0.15, 0.2) is 18.2 Å². The molecular weight excluding hydrogens is 484 g/mol. The van der Waals surface area contributed by atoms with Crippen LogP contribution in [0.4, 0.5) is 5.69 Å². The van der Waals surface area contributed by atoms with E-state index in [9.17, 15) is 14.4 Å². The van der Waals surface area contributed by atoms with Crippen LogP contribution in [0.2, 0.25) is 0 Å². The first kappa shape index (κ1) is 28.5. The molecule has 0 aromatic heterocycles. The van der Waals surface area contributed by atoms with Crippen LogP contribution in [0.1, 0.15) is 69.3 Å². The van der Waals surface area contributed by atoms with Gasteiger partial charge < -0.3 is 25.0 Å². The van der Waals surface area contributed by atoms with E-state index in [1.54, 1.807) is 11.0 Å². The fourth-order valence-electron chi connectivity index (χ4n) is 6.15. The Labute approximate surface area is 226 Å². The first-order valence-corrected chi connectivity index (χ1v) is 14.0. The largest absolute Gasteiger partial charge is 0.374 e. The number of carbonyl (C=O) groups excluding carboxylic acids is 3. The SMILES string of the molecule is CCCN1CCN(c2ccc(C(N)=O)c([C@H](CC(C)(C)C)C(=O)N3C[C@H](OCC)[C@H]4OCC(=O)[C@H]43)c2)CC1. The molecular formula is C29H44N4O5. The molecule has 3 saturated heterocycles. The summed E-state index contributed by atoms with van der Waals surface area (Å²) in [6.45, 7) is 15.9. The summed E-state index contributed by atoms with van der Waals surface area (Å²) in [5.41, 5.74) is 7.60. The highest BCUT2D eigenvalue weighted by Gasteiger charge is 2.54. The molecule has 9 nitrogen and oxygen atoms in total. The minimum absolute atomic E-state index is 0.0152. The maximum atomic E-state index is 14.3. The quantitative estimate of drug-likeness (QED) is 0.525. The number of Topliss-reactive ketones (excluding diaryl/α,β-unsaturated/α-hetero) is 1. The molecule has 3 fully saturated rings. The van der Waals surface area contributed by atoms with Crippen LogP contribution in [-0.4, -0.2) is 98.1 Å². The number of carbonyl (C=O) groups is 3. The summed E-state index contributed by atoms with van der Waals surface area (Å²) in [4.78, 5) is 46.1. The smallest absolute Gasteiger partial charge is 0.249 e. The zero-order chi connectivity index (χ0) is 27.6. The van der Waals surface area contributed by atoms with E-state index in [1.165, 1.54) is 0 Å². The van der Waals surface area contributed by atoms with Crippen LogP contribution < -0.4 is 10.6 Å². The van der Waals surface area contributed by atoms with Gasteiger partial charge in [-0.25, -0.2) is 0 Å². The molecule has 38 heavy (non-hydrogen) atoms. The van der Waals surface area contributed by atoms with Crippen molar-refractivity contribution in [2.75, 3.05) is 57.4 Å². The summed E-state index contributed by atoms with van der Waals surface area (Å²) >= 11 is 0. The molecule has 9 heteroatoms. The van der Waals surface area contributed by atoms with Crippen molar-refractivity contribution in [3.8, 4) is 0 Å². The third-order valence-corrected chi connectivity index (χ3v) is 7.87. The standard InChI is InChI=1S/C29H44N4O5/c1-6-10-31-11-13-32(14-12-31)19-8-9-20(27(30)35)21(15-19)22(16-29(3,4)5)28(36)33-17-24(37-7-2)26-25(33)23(34)18-38-26/h8-9,15,22,24-26H,6-7,10-14,16-18H2,1-5H3,(H2,30,35)/t22-,24-,25+,26+/m0/s1. The number of primary amides is 1. The zero-order valence-corrected chi connectivity index (χ0v) is 23.6. The molecule has 0 unspecified atom stereocenters. The Kier molecular flexibility index (Phi) is 8.79. The molecule has 2 amide bonds. The lowest BCUT2D eigenvalue weighted by atomic mass is 9.79. The first-order chi connectivity index (χ1) is 18.0. The average molecular weight is 529 g/mol. The highest BCUT2D eigenvalue weighted by atomic mass is 16.6. The van der Waals surface area contributed by atoms with E-state index in [1.807, 2.05) is 19.1 Å². The van der Waals surface area contributed by atoms with Gasteiger partial charge in [0.15, 0.2) is 5.78 Å². The number of piperazine rings is 1. The van der Waals surface area contributed by atoms with Crippen LogP contribution in [-0.2, 0) is 19.1 Å². The van der Waals surface area contributed by atoms with Crippen LogP contribution in [0.25, 0.3) is 0 Å². The van der Waals surface area contributed by atoms with Crippen molar-refractivity contribution in [2.24, 2.45) is 11.1 Å². The lowest BCUT2D eigenvalue weighted by Crippen LogP contribution is -2.46. The number of fused-ring (bicyclic) bond motifs is 1. The van der Waals surface area contributed by atoms with Crippen molar-refractivity contribution in [1.82, 2.24) is 9.80 Å². The summed E-state index contributed by atoms with van der Waals surface area (Å²) in [5, 5.41) is 0. The minimum atomic E-state index is -0.659. The van der Waals surface area contributed by atoms with Gasteiger partial charge in [0.05, 0.1) is 12.5 Å². The number of hydrogen-bond acceptors (Lipinski definition) is 7. The number of hydrogen-bond donors (Lipinski definition) is 1. The van der Waals surface area contributed by atoms with E-state index < -0.39 is 24.0 Å². The lowest BCUT2D eigenvalue weighted by Gasteiger charge is -2.37. The molecule has 1 aromatic rings. The predicted molar refractivity (Wildman–Crippen MR) is 146 cm³/mol. The average Bonchev–Trinajstić information content (AvgIpc) is 3.43. The van der Waals surface area contributed by atoms with E-state index in [-0.39, 0.29) is 29.8 Å². The Morgan fingerprint density at radius 2 is 1.87 bits per heavy atom.